The first-order valence-corrected chi connectivity index (χ1v) is 7.11. The largest absolute Gasteiger partial charge is 0.497 e. The summed E-state index contributed by atoms with van der Waals surface area (Å²) in [6, 6.07) is 15.7. The van der Waals surface area contributed by atoms with Gasteiger partial charge in [-0.3, -0.25) is 0 Å². The number of carbonyl (C=O) groups excluding carboxylic acids is 1. The summed E-state index contributed by atoms with van der Waals surface area (Å²) in [5, 5.41) is 7.92. The number of aromatic nitrogens is 2. The third-order valence-corrected chi connectivity index (χ3v) is 3.30. The molecule has 0 atom stereocenters. The van der Waals surface area contributed by atoms with E-state index in [1.54, 1.807) is 19.2 Å². The van der Waals surface area contributed by atoms with Crippen LogP contribution in [0.4, 0.5) is 4.39 Å². The topological polar surface area (TPSA) is 61.3 Å². The van der Waals surface area contributed by atoms with Gasteiger partial charge in [-0.05, 0) is 54.6 Å². The van der Waals surface area contributed by atoms with Crippen molar-refractivity contribution < 1.29 is 18.7 Å². The first-order chi connectivity index (χ1) is 11.7. The average Bonchev–Trinajstić information content (AvgIpc) is 2.63. The standard InChI is InChI=1S/C18H13FN2O3/c1-23-15-8-4-12(5-9-15)16-10-11-17(21-20-16)24-18(22)13-2-6-14(19)7-3-13/h2-11H,1H3. The molecule has 0 amide bonds. The lowest BCUT2D eigenvalue weighted by Crippen LogP contribution is -2.09. The fourth-order valence-electron chi connectivity index (χ4n) is 2.03. The molecule has 5 nitrogen and oxygen atoms in total. The van der Waals surface area contributed by atoms with Gasteiger partial charge in [-0.1, -0.05) is 0 Å². The number of hydrogen-bond donors (Lipinski definition) is 0. The number of nitrogens with zero attached hydrogens (tertiary/aromatic N) is 2. The van der Waals surface area contributed by atoms with Crippen molar-refractivity contribution in [3.05, 3.63) is 72.0 Å². The van der Waals surface area contributed by atoms with Crippen LogP contribution in [0.1, 0.15) is 10.4 Å². The first kappa shape index (κ1) is 15.6. The lowest BCUT2D eigenvalue weighted by molar-refractivity contribution is 0.0726. The Balaban J connectivity index is 1.71. The Hall–Kier alpha value is -3.28. The molecule has 1 aromatic heterocycles. The minimum absolute atomic E-state index is 0.0709. The Morgan fingerprint density at radius 2 is 1.62 bits per heavy atom. The fraction of sp³-hybridized carbons (Fsp3) is 0.0556. The monoisotopic (exact) mass is 324 g/mol. The van der Waals surface area contributed by atoms with E-state index in [-0.39, 0.29) is 11.4 Å². The third-order valence-electron chi connectivity index (χ3n) is 3.30. The van der Waals surface area contributed by atoms with Crippen LogP contribution < -0.4 is 9.47 Å². The van der Waals surface area contributed by atoms with Crippen LogP contribution in [-0.2, 0) is 0 Å². The maximum absolute atomic E-state index is 12.8. The highest BCUT2D eigenvalue weighted by Gasteiger charge is 2.10. The number of carbonyl (C=O) groups is 1. The number of rotatable bonds is 4. The molecule has 6 heteroatoms. The smallest absolute Gasteiger partial charge is 0.344 e. The maximum Gasteiger partial charge on any atom is 0.344 e. The van der Waals surface area contributed by atoms with Crippen molar-refractivity contribution in [1.82, 2.24) is 10.2 Å². The second-order valence-electron chi connectivity index (χ2n) is 4.88. The third kappa shape index (κ3) is 3.55. The van der Waals surface area contributed by atoms with Gasteiger partial charge in [-0.15, -0.1) is 10.2 Å². The summed E-state index contributed by atoms with van der Waals surface area (Å²) >= 11 is 0. The maximum atomic E-state index is 12.8. The summed E-state index contributed by atoms with van der Waals surface area (Å²) in [7, 11) is 1.60. The van der Waals surface area contributed by atoms with Gasteiger partial charge >= 0.3 is 5.97 Å². The summed E-state index contributed by atoms with van der Waals surface area (Å²) in [6.07, 6.45) is 0. The van der Waals surface area contributed by atoms with E-state index in [2.05, 4.69) is 10.2 Å². The minimum atomic E-state index is -0.624. The number of esters is 1. The van der Waals surface area contributed by atoms with Crippen LogP contribution in [0, 0.1) is 5.82 Å². The highest BCUT2D eigenvalue weighted by molar-refractivity contribution is 5.90. The summed E-state index contributed by atoms with van der Waals surface area (Å²) in [4.78, 5) is 11.9. The molecule has 3 aromatic rings. The first-order valence-electron chi connectivity index (χ1n) is 7.11. The van der Waals surface area contributed by atoms with Gasteiger partial charge in [-0.25, -0.2) is 9.18 Å². The molecule has 120 valence electrons. The average molecular weight is 324 g/mol. The highest BCUT2D eigenvalue weighted by Crippen LogP contribution is 2.21. The molecule has 0 saturated carbocycles. The van der Waals surface area contributed by atoms with Crippen molar-refractivity contribution in [3.8, 4) is 22.9 Å². The number of ether oxygens (including phenoxy) is 2. The number of hydrogen-bond acceptors (Lipinski definition) is 5. The van der Waals surface area contributed by atoms with Crippen LogP contribution in [0.3, 0.4) is 0 Å². The fourth-order valence-corrected chi connectivity index (χ4v) is 2.03. The van der Waals surface area contributed by atoms with Gasteiger partial charge in [0.1, 0.15) is 11.6 Å². The van der Waals surface area contributed by atoms with Crippen LogP contribution in [0.25, 0.3) is 11.3 Å². The second kappa shape index (κ2) is 6.87. The van der Waals surface area contributed by atoms with Crippen molar-refractivity contribution in [2.75, 3.05) is 7.11 Å². The molecule has 0 aliphatic rings. The van der Waals surface area contributed by atoms with E-state index in [4.69, 9.17) is 9.47 Å². The molecule has 0 spiro atoms. The lowest BCUT2D eigenvalue weighted by atomic mass is 10.1. The Morgan fingerprint density at radius 1 is 0.917 bits per heavy atom. The van der Waals surface area contributed by atoms with Crippen LogP contribution in [-0.4, -0.2) is 23.3 Å². The summed E-state index contributed by atoms with van der Waals surface area (Å²) in [5.74, 6) is -0.227. The molecule has 2 aromatic carbocycles. The summed E-state index contributed by atoms with van der Waals surface area (Å²) in [6.45, 7) is 0. The molecule has 0 aliphatic heterocycles. The molecule has 0 aliphatic carbocycles. The van der Waals surface area contributed by atoms with E-state index in [0.717, 1.165) is 11.3 Å². The van der Waals surface area contributed by atoms with Gasteiger partial charge in [-0.2, -0.15) is 0 Å². The van der Waals surface area contributed by atoms with Crippen molar-refractivity contribution >= 4 is 5.97 Å². The van der Waals surface area contributed by atoms with Crippen molar-refractivity contribution in [2.24, 2.45) is 0 Å². The number of benzene rings is 2. The Bertz CT molecular complexity index is 832. The van der Waals surface area contributed by atoms with E-state index in [1.807, 2.05) is 24.3 Å². The number of halogens is 1. The van der Waals surface area contributed by atoms with Gasteiger partial charge in [0.05, 0.1) is 18.4 Å². The molecule has 0 bridgehead atoms. The molecule has 0 saturated heterocycles. The second-order valence-corrected chi connectivity index (χ2v) is 4.88. The van der Waals surface area contributed by atoms with Gasteiger partial charge in [0.15, 0.2) is 0 Å². The summed E-state index contributed by atoms with van der Waals surface area (Å²) < 4.78 is 23.1. The van der Waals surface area contributed by atoms with E-state index < -0.39 is 11.8 Å². The van der Waals surface area contributed by atoms with Crippen LogP contribution in [0.15, 0.2) is 60.7 Å². The molecule has 0 N–H and O–H groups in total. The van der Waals surface area contributed by atoms with Crippen LogP contribution in [0.5, 0.6) is 11.6 Å². The molecule has 3 rings (SSSR count). The van der Waals surface area contributed by atoms with E-state index in [1.165, 1.54) is 24.3 Å². The Labute approximate surface area is 137 Å². The van der Waals surface area contributed by atoms with E-state index >= 15 is 0 Å². The highest BCUT2D eigenvalue weighted by atomic mass is 19.1. The van der Waals surface area contributed by atoms with E-state index in [9.17, 15) is 9.18 Å². The molecule has 0 radical (unpaired) electrons. The summed E-state index contributed by atoms with van der Waals surface area (Å²) in [5.41, 5.74) is 1.73. The van der Waals surface area contributed by atoms with Crippen LogP contribution in [0.2, 0.25) is 0 Å². The SMILES string of the molecule is COc1ccc(-c2ccc(OC(=O)c3ccc(F)cc3)nn2)cc1. The van der Waals surface area contributed by atoms with Gasteiger partial charge < -0.3 is 9.47 Å². The lowest BCUT2D eigenvalue weighted by Gasteiger charge is -2.05. The zero-order valence-electron chi connectivity index (χ0n) is 12.8. The molecular weight excluding hydrogens is 311 g/mol. The molecular formula is C18H13FN2O3. The number of methoxy groups -OCH3 is 1. The minimum Gasteiger partial charge on any atom is -0.497 e. The van der Waals surface area contributed by atoms with Crippen molar-refractivity contribution in [2.45, 2.75) is 0 Å². The molecule has 1 heterocycles. The zero-order valence-corrected chi connectivity index (χ0v) is 12.8. The molecule has 0 fully saturated rings. The normalized spacial score (nSPS) is 10.2. The van der Waals surface area contributed by atoms with Gasteiger partial charge in [0, 0.05) is 11.6 Å². The van der Waals surface area contributed by atoms with Crippen molar-refractivity contribution in [3.63, 3.8) is 0 Å². The van der Waals surface area contributed by atoms with E-state index in [0.29, 0.717) is 5.69 Å². The molecule has 24 heavy (non-hydrogen) atoms. The quantitative estimate of drug-likeness (QED) is 0.687. The Morgan fingerprint density at radius 3 is 2.21 bits per heavy atom. The predicted molar refractivity (Wildman–Crippen MR) is 85.4 cm³/mol. The van der Waals surface area contributed by atoms with Crippen LogP contribution >= 0.6 is 0 Å². The Kier molecular flexibility index (Phi) is 4.47. The molecule has 0 unspecified atom stereocenters. The van der Waals surface area contributed by atoms with Crippen molar-refractivity contribution in [1.29, 1.82) is 0 Å². The predicted octanol–water partition coefficient (Wildman–Crippen LogP) is 3.51. The van der Waals surface area contributed by atoms with Gasteiger partial charge in [0.2, 0.25) is 5.88 Å². The van der Waals surface area contributed by atoms with Gasteiger partial charge in [0.25, 0.3) is 0 Å². The zero-order chi connectivity index (χ0) is 16.9.